The summed E-state index contributed by atoms with van der Waals surface area (Å²) in [7, 11) is 0. The molecule has 0 unspecified atom stereocenters. The number of nitriles is 1. The maximum Gasteiger partial charge on any atom is 0.226 e. The van der Waals surface area contributed by atoms with Crippen LogP contribution in [0.1, 0.15) is 56.9 Å². The third kappa shape index (κ3) is 4.78. The lowest BCUT2D eigenvalue weighted by atomic mass is 9.51. The van der Waals surface area contributed by atoms with Gasteiger partial charge >= 0.3 is 0 Å². The predicted octanol–water partition coefficient (Wildman–Crippen LogP) is 3.91. The monoisotopic (exact) mass is 455 g/mol. The molecule has 2 bridgehead atoms. The molecule has 0 atom stereocenters. The van der Waals surface area contributed by atoms with E-state index in [1.165, 1.54) is 5.56 Å². The van der Waals surface area contributed by atoms with Gasteiger partial charge in [-0.25, -0.2) is 4.39 Å². The largest absolute Gasteiger partial charge is 0.489 e. The average Bonchev–Trinajstić information content (AvgIpc) is 2.90. The quantitative estimate of drug-likeness (QED) is 0.620. The van der Waals surface area contributed by atoms with E-state index in [9.17, 15) is 14.4 Å². The van der Waals surface area contributed by atoms with E-state index in [-0.39, 0.29) is 29.9 Å². The van der Waals surface area contributed by atoms with E-state index in [1.807, 2.05) is 12.1 Å². The van der Waals surface area contributed by atoms with Crippen molar-refractivity contribution in [3.8, 4) is 11.8 Å². The summed E-state index contributed by atoms with van der Waals surface area (Å²) in [6.07, 6.45) is 7.44. The maximum atomic E-state index is 13.2. The van der Waals surface area contributed by atoms with Gasteiger partial charge in [-0.15, -0.1) is 0 Å². The lowest BCUT2D eigenvalue weighted by molar-refractivity contribution is -0.138. The molecule has 0 spiro atoms. The van der Waals surface area contributed by atoms with Crippen LogP contribution in [0, 0.1) is 22.2 Å². The van der Waals surface area contributed by atoms with Crippen LogP contribution >= 0.6 is 0 Å². The van der Waals surface area contributed by atoms with E-state index >= 15 is 0 Å². The van der Waals surface area contributed by atoms with Gasteiger partial charge in [-0.1, -0.05) is 12.1 Å². The Bertz CT molecular complexity index is 891. The van der Waals surface area contributed by atoms with Crippen molar-refractivity contribution in [1.29, 1.82) is 5.26 Å². The number of ether oxygens (including phenoxy) is 2. The lowest BCUT2D eigenvalue weighted by Crippen LogP contribution is -2.53. The van der Waals surface area contributed by atoms with Gasteiger partial charge in [-0.3, -0.25) is 4.79 Å². The van der Waals surface area contributed by atoms with Gasteiger partial charge in [0.2, 0.25) is 5.91 Å². The van der Waals surface area contributed by atoms with Crippen molar-refractivity contribution in [2.24, 2.45) is 16.6 Å². The summed E-state index contributed by atoms with van der Waals surface area (Å²) in [5, 5.41) is 12.8. The Balaban J connectivity index is 1.34. The second-order valence-electron chi connectivity index (χ2n) is 10.0. The first kappa shape index (κ1) is 23.7. The molecule has 3 saturated carbocycles. The Hall–Kier alpha value is -2.43. The number of hydrogen-bond donors (Lipinski definition) is 2. The molecule has 1 heterocycles. The summed E-state index contributed by atoms with van der Waals surface area (Å²) in [6.45, 7) is 1.88. The molecule has 33 heavy (non-hydrogen) atoms. The highest BCUT2D eigenvalue weighted by Gasteiger charge is 2.53. The molecule has 4 fully saturated rings. The normalized spacial score (nSPS) is 28.7. The maximum absolute atomic E-state index is 13.2. The van der Waals surface area contributed by atoms with Crippen LogP contribution in [0.4, 0.5) is 4.39 Å². The average molecular weight is 456 g/mol. The van der Waals surface area contributed by atoms with Crippen LogP contribution in [0.5, 0.6) is 5.75 Å². The summed E-state index contributed by atoms with van der Waals surface area (Å²) >= 11 is 0. The zero-order chi connectivity index (χ0) is 23.4. The number of rotatable bonds is 8. The second-order valence-corrected chi connectivity index (χ2v) is 10.0. The SMILES string of the molecule is N#CC1(CNC(=O)C23CCC(c4ccc(OCC(=CF)CN)cc4)(CC2)CC3)CCOCC1. The molecule has 7 heteroatoms. The van der Waals surface area contributed by atoms with E-state index in [1.54, 1.807) is 0 Å². The zero-order valence-corrected chi connectivity index (χ0v) is 19.2. The van der Waals surface area contributed by atoms with Crippen LogP contribution in [-0.4, -0.2) is 38.8 Å². The molecule has 0 aromatic heterocycles. The highest BCUT2D eigenvalue weighted by atomic mass is 19.1. The fourth-order valence-corrected chi connectivity index (χ4v) is 5.70. The molecular weight excluding hydrogens is 421 g/mol. The minimum atomic E-state index is -0.494. The van der Waals surface area contributed by atoms with Gasteiger partial charge in [0.15, 0.2) is 0 Å². The zero-order valence-electron chi connectivity index (χ0n) is 19.2. The fraction of sp³-hybridized carbons (Fsp3) is 0.615. The smallest absolute Gasteiger partial charge is 0.226 e. The highest BCUT2D eigenvalue weighted by Crippen LogP contribution is 2.58. The molecule has 178 valence electrons. The van der Waals surface area contributed by atoms with E-state index in [0.29, 0.717) is 50.3 Å². The molecular formula is C26H34FN3O3. The number of benzene rings is 1. The second kappa shape index (κ2) is 9.82. The van der Waals surface area contributed by atoms with Crippen LogP contribution in [0.3, 0.4) is 0 Å². The van der Waals surface area contributed by atoms with Crippen LogP contribution in [0.25, 0.3) is 0 Å². The van der Waals surface area contributed by atoms with Crippen molar-refractivity contribution in [2.75, 3.05) is 32.9 Å². The first-order valence-corrected chi connectivity index (χ1v) is 12.0. The van der Waals surface area contributed by atoms with Gasteiger partial charge in [-0.2, -0.15) is 5.26 Å². The Morgan fingerprint density at radius 3 is 2.30 bits per heavy atom. The third-order valence-corrected chi connectivity index (χ3v) is 8.31. The third-order valence-electron chi connectivity index (χ3n) is 8.31. The number of carbonyl (C=O) groups is 1. The van der Waals surface area contributed by atoms with Crippen LogP contribution in [0.15, 0.2) is 36.2 Å². The molecule has 4 aliphatic rings. The fourth-order valence-electron chi connectivity index (χ4n) is 5.70. The number of nitrogens with zero attached hydrogens (tertiary/aromatic N) is 1. The topological polar surface area (TPSA) is 97.4 Å². The number of halogens is 1. The van der Waals surface area contributed by atoms with Crippen molar-refractivity contribution in [3.63, 3.8) is 0 Å². The Labute approximate surface area is 195 Å². The molecule has 0 radical (unpaired) electrons. The Morgan fingerprint density at radius 2 is 1.76 bits per heavy atom. The number of hydrogen-bond acceptors (Lipinski definition) is 5. The van der Waals surface area contributed by atoms with Gasteiger partial charge in [0.05, 0.1) is 17.8 Å². The standard InChI is InChI=1S/C26H34FN3O3/c27-15-20(16-28)17-33-22-3-1-21(2-4-22)25-5-8-26(9-6-25,10-7-25)23(31)30-19-24(18-29)11-13-32-14-12-24/h1-4,15H,5-14,16-17,19,28H2,(H,30,31). The van der Waals surface area contributed by atoms with Crippen molar-refractivity contribution < 1.29 is 18.7 Å². The first-order chi connectivity index (χ1) is 16.0. The van der Waals surface area contributed by atoms with Crippen LogP contribution < -0.4 is 15.8 Å². The minimum Gasteiger partial charge on any atom is -0.489 e. The van der Waals surface area contributed by atoms with Crippen molar-refractivity contribution in [1.82, 2.24) is 5.32 Å². The van der Waals surface area contributed by atoms with E-state index < -0.39 is 5.41 Å². The minimum absolute atomic E-state index is 0.108. The van der Waals surface area contributed by atoms with E-state index in [4.69, 9.17) is 15.2 Å². The molecule has 3 N–H and O–H groups in total. The molecule has 5 rings (SSSR count). The number of amides is 1. The van der Waals surface area contributed by atoms with Crippen LogP contribution in [-0.2, 0) is 14.9 Å². The van der Waals surface area contributed by atoms with Crippen molar-refractivity contribution in [3.05, 3.63) is 41.7 Å². The molecule has 3 aliphatic carbocycles. The van der Waals surface area contributed by atoms with Gasteiger partial charge in [-0.05, 0) is 74.5 Å². The van der Waals surface area contributed by atoms with E-state index in [0.717, 1.165) is 38.5 Å². The van der Waals surface area contributed by atoms with Gasteiger partial charge in [0.1, 0.15) is 12.4 Å². The summed E-state index contributed by atoms with van der Waals surface area (Å²) in [5.41, 5.74) is 6.49. The van der Waals surface area contributed by atoms with Gasteiger partial charge < -0.3 is 20.5 Å². The number of nitrogens with two attached hydrogens (primary N) is 1. The summed E-state index contributed by atoms with van der Waals surface area (Å²) in [6, 6.07) is 10.5. The molecule has 6 nitrogen and oxygen atoms in total. The molecule has 1 aromatic rings. The molecule has 1 aromatic carbocycles. The van der Waals surface area contributed by atoms with E-state index in [2.05, 4.69) is 23.5 Å². The van der Waals surface area contributed by atoms with Gasteiger partial charge in [0.25, 0.3) is 0 Å². The number of carbonyl (C=O) groups excluding carboxylic acids is 1. The molecule has 1 aliphatic heterocycles. The Morgan fingerprint density at radius 1 is 1.12 bits per heavy atom. The number of fused-ring (bicyclic) bond motifs is 3. The lowest BCUT2D eigenvalue weighted by Gasteiger charge is -2.53. The first-order valence-electron chi connectivity index (χ1n) is 12.0. The molecule has 1 saturated heterocycles. The molecule has 1 amide bonds. The highest BCUT2D eigenvalue weighted by molar-refractivity contribution is 5.83. The summed E-state index contributed by atoms with van der Waals surface area (Å²) in [4.78, 5) is 13.2. The summed E-state index contributed by atoms with van der Waals surface area (Å²) < 4.78 is 23.7. The van der Waals surface area contributed by atoms with Crippen LogP contribution in [0.2, 0.25) is 0 Å². The predicted molar refractivity (Wildman–Crippen MR) is 123 cm³/mol. The van der Waals surface area contributed by atoms with Crippen molar-refractivity contribution in [2.45, 2.75) is 56.8 Å². The Kier molecular flexibility index (Phi) is 7.06. The summed E-state index contributed by atoms with van der Waals surface area (Å²) in [5.74, 6) is 0.820. The van der Waals surface area contributed by atoms with Gasteiger partial charge in [0, 0.05) is 37.3 Å². The van der Waals surface area contributed by atoms with Crippen molar-refractivity contribution >= 4 is 5.91 Å². The number of nitrogens with one attached hydrogen (secondary N) is 1.